The molecule has 1 aliphatic rings. The van der Waals surface area contributed by atoms with Crippen LogP contribution in [-0.4, -0.2) is 29.5 Å². The molecule has 4 heteroatoms. The quantitative estimate of drug-likeness (QED) is 0.851. The summed E-state index contributed by atoms with van der Waals surface area (Å²) in [5.74, 6) is 0.684. The number of nitrogens with zero attached hydrogens (tertiary/aromatic N) is 2. The number of rotatable bonds is 5. The number of nitrogens with one attached hydrogen (secondary N) is 1. The highest BCUT2D eigenvalue weighted by Crippen LogP contribution is 2.12. The molecule has 1 atom stereocenters. The summed E-state index contributed by atoms with van der Waals surface area (Å²) < 4.78 is 7.46. The van der Waals surface area contributed by atoms with E-state index in [-0.39, 0.29) is 0 Å². The maximum Gasteiger partial charge on any atom is 0.0534 e. The highest BCUT2D eigenvalue weighted by molar-refractivity contribution is 5.03. The molecule has 0 amide bonds. The highest BCUT2D eigenvalue weighted by atomic mass is 16.5. The fraction of sp³-hybridized carbons (Fsp3) is 0.769. The molecule has 4 nitrogen and oxygen atoms in total. The topological polar surface area (TPSA) is 39.1 Å². The lowest BCUT2D eigenvalue weighted by Gasteiger charge is -2.22. The Kier molecular flexibility index (Phi) is 4.57. The van der Waals surface area contributed by atoms with Crippen LogP contribution in [0.2, 0.25) is 0 Å². The average molecular weight is 237 g/mol. The van der Waals surface area contributed by atoms with Gasteiger partial charge in [-0.15, -0.1) is 0 Å². The van der Waals surface area contributed by atoms with E-state index in [0.29, 0.717) is 12.0 Å². The van der Waals surface area contributed by atoms with Crippen LogP contribution < -0.4 is 5.32 Å². The largest absolute Gasteiger partial charge is 0.381 e. The van der Waals surface area contributed by atoms with Gasteiger partial charge >= 0.3 is 0 Å². The van der Waals surface area contributed by atoms with Crippen molar-refractivity contribution in [3.05, 3.63) is 18.0 Å². The maximum atomic E-state index is 5.46. The standard InChI is InChI=1S/C13H23N3O/c1-11(2)16-9-13(8-15-16)7-14-6-12-4-3-5-17-10-12/h8-9,11-12,14H,3-7,10H2,1-2H3. The van der Waals surface area contributed by atoms with Crippen molar-refractivity contribution in [2.24, 2.45) is 5.92 Å². The van der Waals surface area contributed by atoms with Crippen LogP contribution in [-0.2, 0) is 11.3 Å². The molecule has 0 saturated carbocycles. The molecule has 1 fully saturated rings. The minimum absolute atomic E-state index is 0.440. The Morgan fingerprint density at radius 3 is 3.12 bits per heavy atom. The first-order valence-electron chi connectivity index (χ1n) is 6.57. The Hall–Kier alpha value is -0.870. The Morgan fingerprint density at radius 2 is 2.47 bits per heavy atom. The van der Waals surface area contributed by atoms with Crippen LogP contribution in [0.15, 0.2) is 12.4 Å². The maximum absolute atomic E-state index is 5.46. The summed E-state index contributed by atoms with van der Waals surface area (Å²) in [6.07, 6.45) is 6.56. The van der Waals surface area contributed by atoms with Crippen molar-refractivity contribution >= 4 is 0 Å². The Balaban J connectivity index is 1.70. The summed E-state index contributed by atoms with van der Waals surface area (Å²) >= 11 is 0. The van der Waals surface area contributed by atoms with Gasteiger partial charge in [-0.1, -0.05) is 0 Å². The lowest BCUT2D eigenvalue weighted by molar-refractivity contribution is 0.0547. The van der Waals surface area contributed by atoms with E-state index in [0.717, 1.165) is 26.3 Å². The molecule has 0 aliphatic carbocycles. The van der Waals surface area contributed by atoms with Gasteiger partial charge in [-0.3, -0.25) is 4.68 Å². The zero-order valence-corrected chi connectivity index (χ0v) is 10.9. The first kappa shape index (κ1) is 12.6. The minimum Gasteiger partial charge on any atom is -0.381 e. The third-order valence-corrected chi connectivity index (χ3v) is 3.20. The molecule has 1 aliphatic heterocycles. The van der Waals surface area contributed by atoms with Crippen LogP contribution in [0.5, 0.6) is 0 Å². The predicted molar refractivity (Wildman–Crippen MR) is 67.9 cm³/mol. The van der Waals surface area contributed by atoms with E-state index < -0.39 is 0 Å². The van der Waals surface area contributed by atoms with Crippen molar-refractivity contribution in [3.63, 3.8) is 0 Å². The molecular weight excluding hydrogens is 214 g/mol. The van der Waals surface area contributed by atoms with Crippen molar-refractivity contribution in [2.45, 2.75) is 39.3 Å². The van der Waals surface area contributed by atoms with Gasteiger partial charge in [-0.05, 0) is 32.6 Å². The van der Waals surface area contributed by atoms with Gasteiger partial charge in [0.1, 0.15) is 0 Å². The fourth-order valence-electron chi connectivity index (χ4n) is 2.14. The second-order valence-corrected chi connectivity index (χ2v) is 5.14. The van der Waals surface area contributed by atoms with Crippen molar-refractivity contribution in [1.82, 2.24) is 15.1 Å². The van der Waals surface area contributed by atoms with E-state index in [1.54, 1.807) is 0 Å². The summed E-state index contributed by atoms with van der Waals surface area (Å²) in [5.41, 5.74) is 1.26. The van der Waals surface area contributed by atoms with Crippen LogP contribution in [0, 0.1) is 5.92 Å². The molecule has 0 aromatic carbocycles. The molecule has 1 N–H and O–H groups in total. The lowest BCUT2D eigenvalue weighted by atomic mass is 10.0. The Bertz CT molecular complexity index is 329. The number of ether oxygens (including phenoxy) is 1. The monoisotopic (exact) mass is 237 g/mol. The Morgan fingerprint density at radius 1 is 1.59 bits per heavy atom. The Labute approximate surface area is 103 Å². The van der Waals surface area contributed by atoms with E-state index in [1.807, 2.05) is 10.9 Å². The van der Waals surface area contributed by atoms with Gasteiger partial charge < -0.3 is 10.1 Å². The van der Waals surface area contributed by atoms with Gasteiger partial charge in [0.2, 0.25) is 0 Å². The lowest BCUT2D eigenvalue weighted by Crippen LogP contribution is -2.28. The van der Waals surface area contributed by atoms with Gasteiger partial charge in [0.05, 0.1) is 12.8 Å². The van der Waals surface area contributed by atoms with E-state index in [2.05, 4.69) is 30.5 Å². The first-order valence-corrected chi connectivity index (χ1v) is 6.57. The summed E-state index contributed by atoms with van der Waals surface area (Å²) in [7, 11) is 0. The molecule has 1 aromatic heterocycles. The third kappa shape index (κ3) is 3.82. The molecule has 1 aromatic rings. The fourth-order valence-corrected chi connectivity index (χ4v) is 2.14. The molecule has 0 bridgehead atoms. The number of hydrogen-bond acceptors (Lipinski definition) is 3. The smallest absolute Gasteiger partial charge is 0.0534 e. The molecule has 1 unspecified atom stereocenters. The van der Waals surface area contributed by atoms with E-state index >= 15 is 0 Å². The van der Waals surface area contributed by atoms with Crippen LogP contribution in [0.25, 0.3) is 0 Å². The van der Waals surface area contributed by atoms with Crippen molar-refractivity contribution in [1.29, 1.82) is 0 Å². The normalized spacial score (nSPS) is 21.0. The van der Waals surface area contributed by atoms with Gasteiger partial charge in [-0.2, -0.15) is 5.10 Å². The van der Waals surface area contributed by atoms with Gasteiger partial charge in [0.25, 0.3) is 0 Å². The SMILES string of the molecule is CC(C)n1cc(CNCC2CCCOC2)cn1. The third-order valence-electron chi connectivity index (χ3n) is 3.20. The average Bonchev–Trinajstić information content (AvgIpc) is 2.79. The van der Waals surface area contributed by atoms with Crippen LogP contribution in [0.3, 0.4) is 0 Å². The molecule has 0 radical (unpaired) electrons. The van der Waals surface area contributed by atoms with Crippen LogP contribution in [0.1, 0.15) is 38.3 Å². The molecule has 2 rings (SSSR count). The molecule has 0 spiro atoms. The second-order valence-electron chi connectivity index (χ2n) is 5.14. The summed E-state index contributed by atoms with van der Waals surface area (Å²) in [5, 5.41) is 7.82. The summed E-state index contributed by atoms with van der Waals surface area (Å²) in [4.78, 5) is 0. The number of aromatic nitrogens is 2. The van der Waals surface area contributed by atoms with Crippen LogP contribution in [0.4, 0.5) is 0 Å². The zero-order chi connectivity index (χ0) is 12.1. The summed E-state index contributed by atoms with van der Waals surface area (Å²) in [6, 6.07) is 0.440. The van der Waals surface area contributed by atoms with Gasteiger partial charge in [-0.25, -0.2) is 0 Å². The predicted octanol–water partition coefficient (Wildman–Crippen LogP) is 1.98. The first-order chi connectivity index (χ1) is 8.25. The molecule has 2 heterocycles. The van der Waals surface area contributed by atoms with E-state index in [9.17, 15) is 0 Å². The molecule has 17 heavy (non-hydrogen) atoms. The highest BCUT2D eigenvalue weighted by Gasteiger charge is 2.13. The van der Waals surface area contributed by atoms with E-state index in [1.165, 1.54) is 18.4 Å². The number of hydrogen-bond donors (Lipinski definition) is 1. The zero-order valence-electron chi connectivity index (χ0n) is 10.9. The van der Waals surface area contributed by atoms with Gasteiger partial charge in [0.15, 0.2) is 0 Å². The van der Waals surface area contributed by atoms with Gasteiger partial charge in [0, 0.05) is 37.5 Å². The molecule has 96 valence electrons. The van der Waals surface area contributed by atoms with E-state index in [4.69, 9.17) is 4.74 Å². The molecule has 1 saturated heterocycles. The summed E-state index contributed by atoms with van der Waals surface area (Å²) in [6.45, 7) is 8.10. The van der Waals surface area contributed by atoms with Crippen molar-refractivity contribution < 1.29 is 4.74 Å². The second kappa shape index (κ2) is 6.17. The van der Waals surface area contributed by atoms with Crippen molar-refractivity contribution in [2.75, 3.05) is 19.8 Å². The minimum atomic E-state index is 0.440. The molecular formula is C13H23N3O. The van der Waals surface area contributed by atoms with Crippen molar-refractivity contribution in [3.8, 4) is 0 Å². The van der Waals surface area contributed by atoms with Crippen LogP contribution >= 0.6 is 0 Å².